The minimum Gasteiger partial charge on any atom is -0.368 e. The Hall–Kier alpha value is -1.10. The Morgan fingerprint density at radius 1 is 1.17 bits per heavy atom. The van der Waals surface area contributed by atoms with Crippen LogP contribution in [0.15, 0.2) is 0 Å². The number of amides is 2. The second-order valence-corrected chi connectivity index (χ2v) is 5.63. The molecule has 5 N–H and O–H groups in total. The first-order valence-corrected chi connectivity index (χ1v) is 6.56. The minimum atomic E-state index is -0.602. The summed E-state index contributed by atoms with van der Waals surface area (Å²) in [6.45, 7) is 8.38. The first-order chi connectivity index (χ1) is 8.27. The molecule has 0 bridgehead atoms. The summed E-state index contributed by atoms with van der Waals surface area (Å²) in [5, 5.41) is 2.68. The number of carbonyl (C=O) groups is 2. The number of rotatable bonds is 8. The van der Waals surface area contributed by atoms with E-state index in [9.17, 15) is 9.59 Å². The van der Waals surface area contributed by atoms with Crippen molar-refractivity contribution in [2.45, 2.75) is 46.6 Å². The van der Waals surface area contributed by atoms with Crippen LogP contribution in [-0.4, -0.2) is 24.4 Å². The van der Waals surface area contributed by atoms with Gasteiger partial charge in [-0.2, -0.15) is 0 Å². The Morgan fingerprint density at radius 2 is 1.72 bits per heavy atom. The van der Waals surface area contributed by atoms with Gasteiger partial charge in [0, 0.05) is 6.42 Å². The van der Waals surface area contributed by atoms with Gasteiger partial charge < -0.3 is 16.8 Å². The van der Waals surface area contributed by atoms with Crippen molar-refractivity contribution in [2.24, 2.45) is 29.2 Å². The third-order valence-electron chi connectivity index (χ3n) is 2.90. The van der Waals surface area contributed by atoms with Gasteiger partial charge in [0.15, 0.2) is 0 Å². The molecule has 0 aromatic carbocycles. The number of primary amides is 1. The highest BCUT2D eigenvalue weighted by atomic mass is 16.2. The molecule has 2 atom stereocenters. The number of carbonyl (C=O) groups excluding carboxylic acids is 2. The molecular weight excluding hydrogens is 230 g/mol. The van der Waals surface area contributed by atoms with Gasteiger partial charge in [0.05, 0.1) is 0 Å². The first kappa shape index (κ1) is 16.9. The maximum atomic E-state index is 11.8. The van der Waals surface area contributed by atoms with Gasteiger partial charge in [-0.3, -0.25) is 9.59 Å². The van der Waals surface area contributed by atoms with Crippen molar-refractivity contribution in [1.82, 2.24) is 5.32 Å². The Kier molecular flexibility index (Phi) is 7.59. The lowest BCUT2D eigenvalue weighted by molar-refractivity contribution is -0.128. The Labute approximate surface area is 110 Å². The van der Waals surface area contributed by atoms with E-state index in [2.05, 4.69) is 19.2 Å². The van der Waals surface area contributed by atoms with Gasteiger partial charge >= 0.3 is 0 Å². The van der Waals surface area contributed by atoms with Gasteiger partial charge in [-0.15, -0.1) is 0 Å². The van der Waals surface area contributed by atoms with Gasteiger partial charge in [-0.25, -0.2) is 0 Å². The molecule has 2 unspecified atom stereocenters. The summed E-state index contributed by atoms with van der Waals surface area (Å²) in [5.41, 5.74) is 10.9. The molecular formula is C13H27N3O2. The zero-order valence-corrected chi connectivity index (χ0v) is 11.9. The summed E-state index contributed by atoms with van der Waals surface area (Å²) in [5.74, 6) is 0.0112. The Balaban J connectivity index is 4.34. The molecule has 0 saturated heterocycles. The van der Waals surface area contributed by atoms with Crippen molar-refractivity contribution in [3.05, 3.63) is 0 Å². The maximum absolute atomic E-state index is 11.8. The van der Waals surface area contributed by atoms with Gasteiger partial charge in [0.25, 0.3) is 0 Å². The molecule has 0 radical (unpaired) electrons. The van der Waals surface area contributed by atoms with E-state index >= 15 is 0 Å². The van der Waals surface area contributed by atoms with Crippen LogP contribution in [0.1, 0.15) is 40.5 Å². The molecule has 0 aromatic rings. The highest BCUT2D eigenvalue weighted by Crippen LogP contribution is 2.14. The monoisotopic (exact) mass is 257 g/mol. The maximum Gasteiger partial charge on any atom is 0.240 e. The number of hydrogen-bond acceptors (Lipinski definition) is 3. The standard InChI is InChI=1S/C13H27N3O2/c1-8(2)5-10(7-14)6-11(17)16-12(9(3)4)13(15)18/h8-10,12H,5-7,14H2,1-4H3,(H2,15,18)(H,16,17). The number of nitrogens with one attached hydrogen (secondary N) is 1. The van der Waals surface area contributed by atoms with E-state index in [1.54, 1.807) is 0 Å². The third kappa shape index (κ3) is 6.59. The van der Waals surface area contributed by atoms with Crippen molar-refractivity contribution >= 4 is 11.8 Å². The average molecular weight is 257 g/mol. The summed E-state index contributed by atoms with van der Waals surface area (Å²) in [6.07, 6.45) is 1.26. The van der Waals surface area contributed by atoms with Crippen LogP contribution in [0, 0.1) is 17.8 Å². The normalized spacial score (nSPS) is 14.6. The van der Waals surface area contributed by atoms with E-state index in [0.29, 0.717) is 18.9 Å². The Bertz CT molecular complexity index is 277. The zero-order chi connectivity index (χ0) is 14.3. The van der Waals surface area contributed by atoms with Crippen LogP contribution in [0.2, 0.25) is 0 Å². The van der Waals surface area contributed by atoms with Crippen LogP contribution in [0.3, 0.4) is 0 Å². The molecule has 0 aliphatic carbocycles. The summed E-state index contributed by atoms with van der Waals surface area (Å²) < 4.78 is 0. The summed E-state index contributed by atoms with van der Waals surface area (Å²) in [4.78, 5) is 23.0. The number of nitrogens with two attached hydrogens (primary N) is 2. The second-order valence-electron chi connectivity index (χ2n) is 5.63. The van der Waals surface area contributed by atoms with Crippen molar-refractivity contribution in [3.63, 3.8) is 0 Å². The van der Waals surface area contributed by atoms with E-state index in [1.807, 2.05) is 13.8 Å². The van der Waals surface area contributed by atoms with Crippen LogP contribution in [0.4, 0.5) is 0 Å². The predicted molar refractivity (Wildman–Crippen MR) is 72.6 cm³/mol. The van der Waals surface area contributed by atoms with Gasteiger partial charge in [-0.1, -0.05) is 27.7 Å². The largest absolute Gasteiger partial charge is 0.368 e. The van der Waals surface area contributed by atoms with E-state index < -0.39 is 11.9 Å². The van der Waals surface area contributed by atoms with Gasteiger partial charge in [0.2, 0.25) is 11.8 Å². The molecule has 18 heavy (non-hydrogen) atoms. The molecule has 5 heteroatoms. The van der Waals surface area contributed by atoms with Gasteiger partial charge in [-0.05, 0) is 30.7 Å². The lowest BCUT2D eigenvalue weighted by Gasteiger charge is -2.21. The van der Waals surface area contributed by atoms with Crippen molar-refractivity contribution in [1.29, 1.82) is 0 Å². The Morgan fingerprint density at radius 3 is 2.06 bits per heavy atom. The van der Waals surface area contributed by atoms with E-state index in [-0.39, 0.29) is 17.7 Å². The fraction of sp³-hybridized carbons (Fsp3) is 0.846. The molecule has 0 heterocycles. The molecule has 5 nitrogen and oxygen atoms in total. The first-order valence-electron chi connectivity index (χ1n) is 6.56. The highest BCUT2D eigenvalue weighted by molar-refractivity contribution is 5.86. The predicted octanol–water partition coefficient (Wildman–Crippen LogP) is 0.624. The van der Waals surface area contributed by atoms with E-state index in [1.165, 1.54) is 0 Å². The highest BCUT2D eigenvalue weighted by Gasteiger charge is 2.23. The minimum absolute atomic E-state index is 0.00660. The molecule has 0 fully saturated rings. The van der Waals surface area contributed by atoms with E-state index in [4.69, 9.17) is 11.5 Å². The topological polar surface area (TPSA) is 98.2 Å². The lowest BCUT2D eigenvalue weighted by Crippen LogP contribution is -2.48. The van der Waals surface area contributed by atoms with Crippen molar-refractivity contribution < 1.29 is 9.59 Å². The molecule has 0 spiro atoms. The lowest BCUT2D eigenvalue weighted by atomic mass is 9.93. The second kappa shape index (κ2) is 8.08. The van der Waals surface area contributed by atoms with Crippen LogP contribution in [-0.2, 0) is 9.59 Å². The molecule has 2 amide bonds. The fourth-order valence-electron chi connectivity index (χ4n) is 1.99. The molecule has 106 valence electrons. The quantitative estimate of drug-likeness (QED) is 0.594. The van der Waals surface area contributed by atoms with E-state index in [0.717, 1.165) is 6.42 Å². The molecule has 0 aromatic heterocycles. The number of hydrogen-bond donors (Lipinski definition) is 3. The van der Waals surface area contributed by atoms with Crippen LogP contribution < -0.4 is 16.8 Å². The van der Waals surface area contributed by atoms with Gasteiger partial charge in [0.1, 0.15) is 6.04 Å². The van der Waals surface area contributed by atoms with Crippen molar-refractivity contribution in [3.8, 4) is 0 Å². The third-order valence-corrected chi connectivity index (χ3v) is 2.90. The molecule has 0 rings (SSSR count). The summed E-state index contributed by atoms with van der Waals surface area (Å²) in [6, 6.07) is -0.602. The molecule has 0 saturated carbocycles. The average Bonchev–Trinajstić information content (AvgIpc) is 2.23. The van der Waals surface area contributed by atoms with Crippen LogP contribution >= 0.6 is 0 Å². The molecule has 0 aliphatic heterocycles. The molecule has 0 aliphatic rings. The summed E-state index contributed by atoms with van der Waals surface area (Å²) >= 11 is 0. The van der Waals surface area contributed by atoms with Crippen molar-refractivity contribution in [2.75, 3.05) is 6.54 Å². The van der Waals surface area contributed by atoms with Crippen LogP contribution in [0.25, 0.3) is 0 Å². The smallest absolute Gasteiger partial charge is 0.240 e. The van der Waals surface area contributed by atoms with Crippen LogP contribution in [0.5, 0.6) is 0 Å². The summed E-state index contributed by atoms with van der Waals surface area (Å²) in [7, 11) is 0. The SMILES string of the molecule is CC(C)CC(CN)CC(=O)NC(C(N)=O)C(C)C. The fourth-order valence-corrected chi connectivity index (χ4v) is 1.99. The zero-order valence-electron chi connectivity index (χ0n) is 11.9.